The molecule has 1 atom stereocenters. The van der Waals surface area contributed by atoms with E-state index in [-0.39, 0.29) is 16.7 Å². The maximum atomic E-state index is 12.5. The summed E-state index contributed by atoms with van der Waals surface area (Å²) >= 11 is 1.26. The molecule has 0 aliphatic rings. The van der Waals surface area contributed by atoms with Crippen LogP contribution in [0.1, 0.15) is 29.3 Å². The van der Waals surface area contributed by atoms with E-state index < -0.39 is 0 Å². The third kappa shape index (κ3) is 6.06. The van der Waals surface area contributed by atoms with Crippen molar-refractivity contribution in [2.75, 3.05) is 6.54 Å². The van der Waals surface area contributed by atoms with E-state index in [1.165, 1.54) is 17.3 Å². The highest BCUT2D eigenvalue weighted by atomic mass is 32.2. The van der Waals surface area contributed by atoms with E-state index in [1.807, 2.05) is 74.5 Å². The predicted octanol–water partition coefficient (Wildman–Crippen LogP) is 3.51. The van der Waals surface area contributed by atoms with Crippen LogP contribution in [0.3, 0.4) is 0 Å². The number of hydrogen-bond donors (Lipinski definition) is 2. The molecule has 0 radical (unpaired) electrons. The number of aryl methyl sites for hydroxylation is 1. The van der Waals surface area contributed by atoms with Crippen molar-refractivity contribution >= 4 is 17.7 Å². The lowest BCUT2D eigenvalue weighted by atomic mass is 10.1. The van der Waals surface area contributed by atoms with Gasteiger partial charge in [-0.2, -0.15) is 0 Å². The lowest BCUT2D eigenvalue weighted by molar-refractivity contribution is -0.120. The van der Waals surface area contributed by atoms with Crippen molar-refractivity contribution in [1.29, 1.82) is 0 Å². The van der Waals surface area contributed by atoms with Gasteiger partial charge in [-0.25, -0.2) is 4.98 Å². The molecule has 1 heterocycles. The molecule has 6 heteroatoms. The van der Waals surface area contributed by atoms with Crippen LogP contribution in [-0.2, 0) is 17.6 Å². The number of benzene rings is 2. The summed E-state index contributed by atoms with van der Waals surface area (Å²) in [5, 5.41) is 3.06. The fourth-order valence-electron chi connectivity index (χ4n) is 2.99. The maximum Gasteiger partial charge on any atom is 0.255 e. The van der Waals surface area contributed by atoms with Crippen LogP contribution in [0.5, 0.6) is 0 Å². The molecule has 0 fully saturated rings. The number of nitrogens with one attached hydrogen (secondary N) is 2. The Labute approximate surface area is 175 Å². The van der Waals surface area contributed by atoms with Crippen molar-refractivity contribution in [3.63, 3.8) is 0 Å². The number of aromatic nitrogens is 2. The molecule has 1 aromatic heterocycles. The Balaban J connectivity index is 1.57. The number of amides is 1. The number of thioether (sulfide) groups is 1. The zero-order chi connectivity index (χ0) is 20.6. The Bertz CT molecular complexity index is 1000. The summed E-state index contributed by atoms with van der Waals surface area (Å²) in [4.78, 5) is 32.2. The van der Waals surface area contributed by atoms with Gasteiger partial charge in [-0.15, -0.1) is 0 Å². The largest absolute Gasteiger partial charge is 0.355 e. The minimum Gasteiger partial charge on any atom is -0.355 e. The number of carbonyl (C=O) groups is 1. The van der Waals surface area contributed by atoms with Crippen molar-refractivity contribution in [1.82, 2.24) is 15.3 Å². The number of hydrogen-bond acceptors (Lipinski definition) is 4. The minimum atomic E-state index is -0.353. The molecule has 1 unspecified atom stereocenters. The van der Waals surface area contributed by atoms with Gasteiger partial charge in [0, 0.05) is 24.2 Å². The summed E-state index contributed by atoms with van der Waals surface area (Å²) in [6, 6.07) is 19.9. The van der Waals surface area contributed by atoms with Crippen LogP contribution in [0.2, 0.25) is 0 Å². The first-order chi connectivity index (χ1) is 14.0. The Kier molecular flexibility index (Phi) is 7.25. The molecule has 2 N–H and O–H groups in total. The van der Waals surface area contributed by atoms with Gasteiger partial charge in [-0.05, 0) is 31.4 Å². The molecule has 0 saturated carbocycles. The quantitative estimate of drug-likeness (QED) is 0.443. The van der Waals surface area contributed by atoms with Crippen LogP contribution in [0, 0.1) is 6.92 Å². The number of aromatic amines is 1. The third-order valence-electron chi connectivity index (χ3n) is 4.64. The molecule has 3 aromatic rings. The Morgan fingerprint density at radius 1 is 1.07 bits per heavy atom. The van der Waals surface area contributed by atoms with E-state index >= 15 is 0 Å². The summed E-state index contributed by atoms with van der Waals surface area (Å²) in [6.45, 7) is 4.23. The molecule has 3 rings (SSSR count). The van der Waals surface area contributed by atoms with Gasteiger partial charge in [-0.3, -0.25) is 9.59 Å². The van der Waals surface area contributed by atoms with Crippen LogP contribution >= 0.6 is 11.8 Å². The van der Waals surface area contributed by atoms with Crippen LogP contribution in [-0.4, -0.2) is 27.7 Å². The Hall–Kier alpha value is -2.86. The summed E-state index contributed by atoms with van der Waals surface area (Å²) < 4.78 is 0. The standard InChI is InChI=1S/C23H25N3O2S/c1-16-20(15-19-11-7-4-8-12-19)22(28)26-23(25-16)29-17(2)21(27)24-14-13-18-9-5-3-6-10-18/h3-12,17H,13-15H2,1-2H3,(H,24,27)(H,25,26,28). The highest BCUT2D eigenvalue weighted by molar-refractivity contribution is 8.00. The van der Waals surface area contributed by atoms with Crippen LogP contribution in [0.4, 0.5) is 0 Å². The normalized spacial score (nSPS) is 11.8. The van der Waals surface area contributed by atoms with Crippen molar-refractivity contribution in [2.45, 2.75) is 37.1 Å². The average molecular weight is 408 g/mol. The van der Waals surface area contributed by atoms with Crippen molar-refractivity contribution in [2.24, 2.45) is 0 Å². The fourth-order valence-corrected chi connectivity index (χ4v) is 3.85. The molecule has 0 saturated heterocycles. The van der Waals surface area contributed by atoms with Gasteiger partial charge in [0.2, 0.25) is 5.91 Å². The van der Waals surface area contributed by atoms with Crippen molar-refractivity contribution in [3.8, 4) is 0 Å². The highest BCUT2D eigenvalue weighted by Gasteiger charge is 2.17. The lowest BCUT2D eigenvalue weighted by Gasteiger charge is -2.12. The van der Waals surface area contributed by atoms with Gasteiger partial charge in [0.1, 0.15) is 0 Å². The average Bonchev–Trinajstić information content (AvgIpc) is 2.72. The predicted molar refractivity (Wildman–Crippen MR) is 117 cm³/mol. The van der Waals surface area contributed by atoms with Gasteiger partial charge in [0.05, 0.1) is 5.25 Å². The van der Waals surface area contributed by atoms with E-state index in [4.69, 9.17) is 0 Å². The second-order valence-electron chi connectivity index (χ2n) is 6.88. The van der Waals surface area contributed by atoms with Gasteiger partial charge >= 0.3 is 0 Å². The van der Waals surface area contributed by atoms with Gasteiger partial charge < -0.3 is 10.3 Å². The van der Waals surface area contributed by atoms with Crippen molar-refractivity contribution < 1.29 is 4.79 Å². The second-order valence-corrected chi connectivity index (χ2v) is 8.21. The first-order valence-electron chi connectivity index (χ1n) is 9.65. The smallest absolute Gasteiger partial charge is 0.255 e. The Morgan fingerprint density at radius 3 is 2.31 bits per heavy atom. The van der Waals surface area contributed by atoms with E-state index in [2.05, 4.69) is 15.3 Å². The fraction of sp³-hybridized carbons (Fsp3) is 0.261. The SMILES string of the molecule is Cc1nc(SC(C)C(=O)NCCc2ccccc2)[nH]c(=O)c1Cc1ccccc1. The van der Waals surface area contributed by atoms with Crippen LogP contribution in [0.25, 0.3) is 0 Å². The lowest BCUT2D eigenvalue weighted by Crippen LogP contribution is -2.32. The summed E-state index contributed by atoms with van der Waals surface area (Å²) in [6.07, 6.45) is 1.32. The molecule has 29 heavy (non-hydrogen) atoms. The van der Waals surface area contributed by atoms with E-state index in [0.717, 1.165) is 12.0 Å². The maximum absolute atomic E-state index is 12.5. The van der Waals surface area contributed by atoms with Gasteiger partial charge in [0.15, 0.2) is 5.16 Å². The Morgan fingerprint density at radius 2 is 1.69 bits per heavy atom. The zero-order valence-corrected chi connectivity index (χ0v) is 17.5. The van der Waals surface area contributed by atoms with E-state index in [1.54, 1.807) is 0 Å². The summed E-state index contributed by atoms with van der Waals surface area (Å²) in [5.41, 5.74) is 3.44. The zero-order valence-electron chi connectivity index (χ0n) is 16.6. The monoisotopic (exact) mass is 407 g/mol. The van der Waals surface area contributed by atoms with E-state index in [9.17, 15) is 9.59 Å². The number of H-pyrrole nitrogens is 1. The van der Waals surface area contributed by atoms with Gasteiger partial charge in [-0.1, -0.05) is 72.4 Å². The molecular weight excluding hydrogens is 382 g/mol. The number of rotatable bonds is 8. The van der Waals surface area contributed by atoms with Gasteiger partial charge in [0.25, 0.3) is 5.56 Å². The third-order valence-corrected chi connectivity index (χ3v) is 5.62. The molecule has 5 nitrogen and oxygen atoms in total. The minimum absolute atomic E-state index is 0.0698. The summed E-state index contributed by atoms with van der Waals surface area (Å²) in [5.74, 6) is -0.0698. The molecule has 0 aliphatic heterocycles. The first-order valence-corrected chi connectivity index (χ1v) is 10.5. The highest BCUT2D eigenvalue weighted by Crippen LogP contribution is 2.20. The van der Waals surface area contributed by atoms with Crippen LogP contribution in [0.15, 0.2) is 70.6 Å². The van der Waals surface area contributed by atoms with Crippen molar-refractivity contribution in [3.05, 3.63) is 93.4 Å². The first kappa shape index (κ1) is 20.9. The molecule has 0 spiro atoms. The molecular formula is C23H25N3O2S. The number of carbonyl (C=O) groups excluding carboxylic acids is 1. The van der Waals surface area contributed by atoms with Crippen LogP contribution < -0.4 is 10.9 Å². The number of nitrogens with zero attached hydrogens (tertiary/aromatic N) is 1. The topological polar surface area (TPSA) is 74.8 Å². The molecule has 0 bridgehead atoms. The molecule has 1 amide bonds. The van der Waals surface area contributed by atoms with E-state index in [0.29, 0.717) is 29.4 Å². The second kappa shape index (κ2) is 10.1. The molecule has 0 aliphatic carbocycles. The molecule has 150 valence electrons. The summed E-state index contributed by atoms with van der Waals surface area (Å²) in [7, 11) is 0. The molecule has 2 aromatic carbocycles.